The Bertz CT molecular complexity index is 430. The van der Waals surface area contributed by atoms with Crippen molar-refractivity contribution in [2.24, 2.45) is 0 Å². The topological polar surface area (TPSA) is 30.5 Å². The molecule has 0 radical (unpaired) electrons. The summed E-state index contributed by atoms with van der Waals surface area (Å²) in [7, 11) is 1.97. The molecular weight excluding hydrogens is 214 g/mol. The van der Waals surface area contributed by atoms with E-state index in [9.17, 15) is 0 Å². The summed E-state index contributed by atoms with van der Waals surface area (Å²) in [5, 5.41) is 3.21. The molecule has 2 atom stereocenters. The van der Waals surface area contributed by atoms with Gasteiger partial charge in [-0.1, -0.05) is 12.1 Å². The molecule has 0 bridgehead atoms. The van der Waals surface area contributed by atoms with Gasteiger partial charge < -0.3 is 14.8 Å². The smallest absolute Gasteiger partial charge is 0.0955 e. The van der Waals surface area contributed by atoms with Gasteiger partial charge in [-0.25, -0.2) is 0 Å². The average molecular weight is 233 g/mol. The van der Waals surface area contributed by atoms with Crippen LogP contribution in [0.2, 0.25) is 0 Å². The molecule has 3 heteroatoms. The minimum absolute atomic E-state index is 0.188. The average Bonchev–Trinajstić information content (AvgIpc) is 2.72. The summed E-state index contributed by atoms with van der Waals surface area (Å²) in [6, 6.07) is 4.48. The van der Waals surface area contributed by atoms with Gasteiger partial charge in [0, 0.05) is 6.54 Å². The Morgan fingerprint density at radius 3 is 3.06 bits per heavy atom. The predicted octanol–water partition coefficient (Wildman–Crippen LogP) is 2.11. The fourth-order valence-electron chi connectivity index (χ4n) is 2.93. The number of ether oxygens (including phenoxy) is 2. The molecule has 1 unspecified atom stereocenters. The van der Waals surface area contributed by atoms with Crippen LogP contribution in [0, 0.1) is 0 Å². The molecular formula is C14H19NO2. The van der Waals surface area contributed by atoms with Gasteiger partial charge in [0.2, 0.25) is 0 Å². The summed E-state index contributed by atoms with van der Waals surface area (Å²) in [6.07, 6.45) is 1.44. The zero-order valence-electron chi connectivity index (χ0n) is 10.5. The second kappa shape index (κ2) is 4.41. The maximum atomic E-state index is 5.89. The lowest BCUT2D eigenvalue weighted by molar-refractivity contribution is 0.0409. The van der Waals surface area contributed by atoms with Crippen molar-refractivity contribution in [1.29, 1.82) is 0 Å². The summed E-state index contributed by atoms with van der Waals surface area (Å²) in [4.78, 5) is 0. The van der Waals surface area contributed by atoms with Crippen molar-refractivity contribution in [1.82, 2.24) is 5.32 Å². The minimum atomic E-state index is 0.188. The third-order valence-electron chi connectivity index (χ3n) is 3.80. The van der Waals surface area contributed by atoms with E-state index in [1.54, 1.807) is 0 Å². The molecule has 1 aromatic rings. The first-order valence-electron chi connectivity index (χ1n) is 6.33. The lowest BCUT2D eigenvalue weighted by atomic mass is 9.89. The molecule has 0 fully saturated rings. The molecule has 1 aromatic carbocycles. The van der Waals surface area contributed by atoms with Gasteiger partial charge in [0.25, 0.3) is 0 Å². The van der Waals surface area contributed by atoms with E-state index in [-0.39, 0.29) is 12.2 Å². The summed E-state index contributed by atoms with van der Waals surface area (Å²) < 4.78 is 11.6. The zero-order valence-corrected chi connectivity index (χ0v) is 10.5. The molecule has 1 N–H and O–H groups in total. The van der Waals surface area contributed by atoms with Crippen LogP contribution in [0.5, 0.6) is 0 Å². The number of hydrogen-bond acceptors (Lipinski definition) is 3. The molecule has 0 aromatic heterocycles. The van der Waals surface area contributed by atoms with Crippen LogP contribution in [0.25, 0.3) is 0 Å². The lowest BCUT2D eigenvalue weighted by Gasteiger charge is -2.28. The van der Waals surface area contributed by atoms with Crippen LogP contribution in [0.3, 0.4) is 0 Å². The van der Waals surface area contributed by atoms with Gasteiger partial charge in [-0.15, -0.1) is 0 Å². The molecule has 2 aliphatic rings. The zero-order chi connectivity index (χ0) is 11.8. The molecule has 0 aliphatic carbocycles. The molecule has 0 amide bonds. The highest BCUT2D eigenvalue weighted by molar-refractivity contribution is 5.46. The van der Waals surface area contributed by atoms with Crippen LogP contribution in [0.15, 0.2) is 12.1 Å². The monoisotopic (exact) mass is 233 g/mol. The SMILES string of the molecule is CNC[C@@H]1OCCc2ccc3c(c21)COC3C. The largest absolute Gasteiger partial charge is 0.372 e. The summed E-state index contributed by atoms with van der Waals surface area (Å²) >= 11 is 0. The van der Waals surface area contributed by atoms with Crippen LogP contribution < -0.4 is 5.32 Å². The van der Waals surface area contributed by atoms with Crippen molar-refractivity contribution in [2.45, 2.75) is 32.2 Å². The van der Waals surface area contributed by atoms with Gasteiger partial charge in [-0.3, -0.25) is 0 Å². The van der Waals surface area contributed by atoms with Crippen LogP contribution in [0.1, 0.15) is 41.4 Å². The van der Waals surface area contributed by atoms with Crippen molar-refractivity contribution < 1.29 is 9.47 Å². The Labute approximate surface area is 102 Å². The van der Waals surface area contributed by atoms with Crippen molar-refractivity contribution in [2.75, 3.05) is 20.2 Å². The van der Waals surface area contributed by atoms with Crippen LogP contribution >= 0.6 is 0 Å². The summed E-state index contributed by atoms with van der Waals surface area (Å²) in [5.41, 5.74) is 5.53. The van der Waals surface area contributed by atoms with Crippen molar-refractivity contribution >= 4 is 0 Å². The Kier molecular flexibility index (Phi) is 2.90. The molecule has 2 heterocycles. The first-order valence-corrected chi connectivity index (χ1v) is 6.33. The van der Waals surface area contributed by atoms with Gasteiger partial charge in [-0.2, -0.15) is 0 Å². The van der Waals surface area contributed by atoms with E-state index in [0.29, 0.717) is 0 Å². The Morgan fingerprint density at radius 2 is 2.24 bits per heavy atom. The summed E-state index contributed by atoms with van der Waals surface area (Å²) in [5.74, 6) is 0. The number of nitrogens with one attached hydrogen (secondary N) is 1. The predicted molar refractivity (Wildman–Crippen MR) is 66.0 cm³/mol. The fourth-order valence-corrected chi connectivity index (χ4v) is 2.93. The second-order valence-corrected chi connectivity index (χ2v) is 4.83. The molecule has 0 saturated carbocycles. The lowest BCUT2D eigenvalue weighted by Crippen LogP contribution is -2.26. The Balaban J connectivity index is 2.07. The highest BCUT2D eigenvalue weighted by atomic mass is 16.5. The number of benzene rings is 1. The number of rotatable bonds is 2. The van der Waals surface area contributed by atoms with E-state index in [1.165, 1.54) is 22.3 Å². The van der Waals surface area contributed by atoms with Crippen molar-refractivity contribution in [3.63, 3.8) is 0 Å². The van der Waals surface area contributed by atoms with Gasteiger partial charge >= 0.3 is 0 Å². The standard InChI is InChI=1S/C14H19NO2/c1-9-11-4-3-10-5-6-16-13(7-15-2)14(10)12(11)8-17-9/h3-4,9,13,15H,5-8H2,1-2H3/t9?,13-/m0/s1. The van der Waals surface area contributed by atoms with Crippen LogP contribution in [-0.2, 0) is 22.5 Å². The van der Waals surface area contributed by atoms with E-state index in [4.69, 9.17) is 9.47 Å². The van der Waals surface area contributed by atoms with Gasteiger partial charge in [0.15, 0.2) is 0 Å². The fraction of sp³-hybridized carbons (Fsp3) is 0.571. The summed E-state index contributed by atoms with van der Waals surface area (Å²) in [6.45, 7) is 4.56. The number of likely N-dealkylation sites (N-methyl/N-ethyl adjacent to an activating group) is 1. The maximum Gasteiger partial charge on any atom is 0.0955 e. The van der Waals surface area contributed by atoms with Gasteiger partial charge in [0.05, 0.1) is 25.4 Å². The molecule has 2 aliphatic heterocycles. The van der Waals surface area contributed by atoms with E-state index in [0.717, 1.165) is 26.2 Å². The van der Waals surface area contributed by atoms with Gasteiger partial charge in [0.1, 0.15) is 0 Å². The van der Waals surface area contributed by atoms with Crippen LogP contribution in [-0.4, -0.2) is 20.2 Å². The normalized spacial score (nSPS) is 26.7. The van der Waals surface area contributed by atoms with E-state index < -0.39 is 0 Å². The van der Waals surface area contributed by atoms with Gasteiger partial charge in [-0.05, 0) is 42.6 Å². The Morgan fingerprint density at radius 1 is 1.35 bits per heavy atom. The Hall–Kier alpha value is -0.900. The first-order chi connectivity index (χ1) is 8.31. The molecule has 0 spiro atoms. The molecule has 0 saturated heterocycles. The number of hydrogen-bond donors (Lipinski definition) is 1. The minimum Gasteiger partial charge on any atom is -0.372 e. The molecule has 92 valence electrons. The molecule has 3 nitrogen and oxygen atoms in total. The van der Waals surface area contributed by atoms with Crippen LogP contribution in [0.4, 0.5) is 0 Å². The highest BCUT2D eigenvalue weighted by Gasteiger charge is 2.29. The highest BCUT2D eigenvalue weighted by Crippen LogP contribution is 2.39. The first kappa shape index (κ1) is 11.2. The van der Waals surface area contributed by atoms with Crippen molar-refractivity contribution in [3.8, 4) is 0 Å². The molecule has 17 heavy (non-hydrogen) atoms. The van der Waals surface area contributed by atoms with E-state index in [1.807, 2.05) is 7.05 Å². The quantitative estimate of drug-likeness (QED) is 0.848. The van der Waals surface area contributed by atoms with E-state index in [2.05, 4.69) is 24.4 Å². The maximum absolute atomic E-state index is 5.89. The number of fused-ring (bicyclic) bond motifs is 3. The third kappa shape index (κ3) is 1.79. The second-order valence-electron chi connectivity index (χ2n) is 4.83. The van der Waals surface area contributed by atoms with E-state index >= 15 is 0 Å². The third-order valence-corrected chi connectivity index (χ3v) is 3.80. The molecule has 3 rings (SSSR count). The van der Waals surface area contributed by atoms with Crippen molar-refractivity contribution in [3.05, 3.63) is 34.4 Å².